The zero-order valence-electron chi connectivity index (χ0n) is 17.9. The Labute approximate surface area is 190 Å². The smallest absolute Gasteiger partial charge is 0.309 e. The molecule has 2 rings (SSSR count). The number of carbonyl (C=O) groups is 2. The van der Waals surface area contributed by atoms with Crippen molar-refractivity contribution >= 4 is 27.9 Å². The molecule has 12 nitrogen and oxygen atoms in total. The number of benzene rings is 1. The Bertz CT molecular complexity index is 1100. The van der Waals surface area contributed by atoms with Crippen molar-refractivity contribution in [3.8, 4) is 6.07 Å². The Kier molecular flexibility index (Phi) is 8.92. The van der Waals surface area contributed by atoms with Crippen molar-refractivity contribution in [1.29, 1.82) is 5.26 Å². The number of hydrogen-bond acceptors (Lipinski definition) is 9. The molecule has 0 saturated heterocycles. The van der Waals surface area contributed by atoms with Gasteiger partial charge in [-0.25, -0.2) is 13.1 Å². The van der Waals surface area contributed by atoms with Crippen molar-refractivity contribution < 1.29 is 32.6 Å². The summed E-state index contributed by atoms with van der Waals surface area (Å²) in [4.78, 5) is 27.9. The maximum absolute atomic E-state index is 12.7. The summed E-state index contributed by atoms with van der Waals surface area (Å²) in [6.45, 7) is 1.21. The number of sulfonamides is 1. The number of oxazole rings is 1. The molecule has 2 aromatic rings. The molecule has 178 valence electrons. The fourth-order valence-corrected chi connectivity index (χ4v) is 3.45. The van der Waals surface area contributed by atoms with Gasteiger partial charge < -0.3 is 25.3 Å². The highest BCUT2D eigenvalue weighted by Gasteiger charge is 2.34. The quantitative estimate of drug-likeness (QED) is 0.283. The first-order valence-electron chi connectivity index (χ1n) is 9.78. The molecular formula is C20H25N5O7S. The highest BCUT2D eigenvalue weighted by atomic mass is 32.2. The Morgan fingerprint density at radius 2 is 1.79 bits per heavy atom. The van der Waals surface area contributed by atoms with Gasteiger partial charge in [0.05, 0.1) is 30.8 Å². The molecule has 1 heterocycles. The van der Waals surface area contributed by atoms with E-state index in [1.54, 1.807) is 30.3 Å². The maximum Gasteiger partial charge on any atom is 0.309 e. The van der Waals surface area contributed by atoms with E-state index in [1.165, 1.54) is 6.92 Å². The fraction of sp³-hybridized carbons (Fsp3) is 0.400. The Morgan fingerprint density at radius 3 is 2.36 bits per heavy atom. The van der Waals surface area contributed by atoms with E-state index >= 15 is 0 Å². The van der Waals surface area contributed by atoms with Gasteiger partial charge in [0.1, 0.15) is 18.5 Å². The molecule has 0 unspecified atom stereocenters. The minimum atomic E-state index is -3.67. The molecule has 1 aromatic heterocycles. The predicted octanol–water partition coefficient (Wildman–Crippen LogP) is -0.473. The third-order valence-corrected chi connectivity index (χ3v) is 5.04. The number of nitriles is 1. The molecule has 33 heavy (non-hydrogen) atoms. The van der Waals surface area contributed by atoms with Gasteiger partial charge in [-0.1, -0.05) is 30.3 Å². The molecule has 0 aliphatic heterocycles. The van der Waals surface area contributed by atoms with Crippen LogP contribution in [0.5, 0.6) is 0 Å². The minimum absolute atomic E-state index is 0.0937. The molecular weight excluding hydrogens is 454 g/mol. The lowest BCUT2D eigenvalue weighted by molar-refractivity contribution is -0.121. The summed E-state index contributed by atoms with van der Waals surface area (Å²) in [5, 5.41) is 35.4. The second-order valence-corrected chi connectivity index (χ2v) is 9.08. The van der Waals surface area contributed by atoms with Crippen molar-refractivity contribution in [3.63, 3.8) is 0 Å². The molecule has 0 spiro atoms. The third kappa shape index (κ3) is 8.19. The van der Waals surface area contributed by atoms with Crippen molar-refractivity contribution in [2.75, 3.05) is 11.0 Å². The van der Waals surface area contributed by atoms with E-state index in [1.807, 2.05) is 10.8 Å². The van der Waals surface area contributed by atoms with E-state index in [0.29, 0.717) is 0 Å². The Morgan fingerprint density at radius 1 is 1.15 bits per heavy atom. The van der Waals surface area contributed by atoms with E-state index in [-0.39, 0.29) is 18.5 Å². The standard InChI is InChI=1S/C20H25N5O7S/c1-12(26)22-14(8-9-21)17(27)18(28)15(10-13-6-4-3-5-7-13)23-19(29)16-11-32-20(24-16)25-33(2,30)31/h3-7,11,14-15,17-18,27-28H,8,10H2,1-2H3,(H,22,26)(H,23,29)(H,24,25)/t14-,15+,17+,18+/m0/s1. The SMILES string of the molecule is CC(=O)N[C@@H](CC#N)[C@@H](O)[C@H](O)[C@@H](Cc1ccccc1)NC(=O)c1coc(NS(C)(=O)=O)n1. The van der Waals surface area contributed by atoms with Gasteiger partial charge in [-0.3, -0.25) is 9.59 Å². The molecule has 0 aliphatic rings. The van der Waals surface area contributed by atoms with Crippen LogP contribution in [0.4, 0.5) is 6.01 Å². The highest BCUT2D eigenvalue weighted by molar-refractivity contribution is 7.91. The van der Waals surface area contributed by atoms with E-state index in [9.17, 15) is 28.2 Å². The second kappa shape index (κ2) is 11.4. The average molecular weight is 480 g/mol. The number of hydrogen-bond donors (Lipinski definition) is 5. The van der Waals surface area contributed by atoms with Crippen molar-refractivity contribution in [1.82, 2.24) is 15.6 Å². The summed E-state index contributed by atoms with van der Waals surface area (Å²) < 4.78 is 29.5. The zero-order valence-corrected chi connectivity index (χ0v) is 18.7. The summed E-state index contributed by atoms with van der Waals surface area (Å²) in [7, 11) is -3.67. The summed E-state index contributed by atoms with van der Waals surface area (Å²) in [6.07, 6.45) is -1.52. The number of rotatable bonds is 11. The summed E-state index contributed by atoms with van der Waals surface area (Å²) >= 11 is 0. The van der Waals surface area contributed by atoms with Gasteiger partial charge in [0.15, 0.2) is 5.69 Å². The number of carbonyl (C=O) groups excluding carboxylic acids is 2. The van der Waals surface area contributed by atoms with Crippen LogP contribution in [-0.2, 0) is 21.2 Å². The largest absolute Gasteiger partial charge is 0.431 e. The van der Waals surface area contributed by atoms with Crippen LogP contribution in [0.3, 0.4) is 0 Å². The average Bonchev–Trinajstić information content (AvgIpc) is 3.19. The number of amides is 2. The summed E-state index contributed by atoms with van der Waals surface area (Å²) in [5.74, 6) is -1.30. The van der Waals surface area contributed by atoms with E-state index in [4.69, 9.17) is 9.68 Å². The van der Waals surface area contributed by atoms with Crippen LogP contribution in [0.1, 0.15) is 29.4 Å². The molecule has 1 aromatic carbocycles. The van der Waals surface area contributed by atoms with Crippen LogP contribution in [0.25, 0.3) is 0 Å². The zero-order chi connectivity index (χ0) is 24.6. The van der Waals surface area contributed by atoms with Crippen molar-refractivity contribution in [2.24, 2.45) is 0 Å². The molecule has 0 fully saturated rings. The van der Waals surface area contributed by atoms with Crippen molar-refractivity contribution in [2.45, 2.75) is 44.1 Å². The number of nitrogens with zero attached hydrogens (tertiary/aromatic N) is 2. The van der Waals surface area contributed by atoms with E-state index in [0.717, 1.165) is 18.1 Å². The Hall–Kier alpha value is -3.47. The van der Waals surface area contributed by atoms with Gasteiger partial charge in [-0.05, 0) is 12.0 Å². The van der Waals surface area contributed by atoms with Gasteiger partial charge in [0.25, 0.3) is 5.91 Å². The summed E-state index contributed by atoms with van der Waals surface area (Å²) in [5.41, 5.74) is 0.460. The predicted molar refractivity (Wildman–Crippen MR) is 116 cm³/mol. The van der Waals surface area contributed by atoms with Crippen LogP contribution >= 0.6 is 0 Å². The topological polar surface area (TPSA) is 195 Å². The normalized spacial score (nSPS) is 14.9. The molecule has 0 radical (unpaired) electrons. The number of aliphatic hydroxyl groups is 2. The van der Waals surface area contributed by atoms with E-state index < -0.39 is 52.1 Å². The Balaban J connectivity index is 2.25. The number of aromatic nitrogens is 1. The van der Waals surface area contributed by atoms with Crippen LogP contribution < -0.4 is 15.4 Å². The lowest BCUT2D eigenvalue weighted by Crippen LogP contribution is -2.56. The fourth-order valence-electron chi connectivity index (χ4n) is 3.04. The summed E-state index contributed by atoms with van der Waals surface area (Å²) in [6, 6.07) is 8.09. The molecule has 0 aliphatic carbocycles. The number of nitrogens with one attached hydrogen (secondary N) is 3. The first-order valence-corrected chi connectivity index (χ1v) is 11.7. The highest BCUT2D eigenvalue weighted by Crippen LogP contribution is 2.15. The van der Waals surface area contributed by atoms with Crippen LogP contribution in [0.2, 0.25) is 0 Å². The van der Waals surface area contributed by atoms with Crippen molar-refractivity contribution in [3.05, 3.63) is 47.9 Å². The molecule has 2 amide bonds. The number of anilines is 1. The van der Waals surface area contributed by atoms with Gasteiger partial charge in [0, 0.05) is 6.92 Å². The molecule has 0 saturated carbocycles. The molecule has 5 N–H and O–H groups in total. The molecule has 13 heteroatoms. The van der Waals surface area contributed by atoms with Crippen LogP contribution in [0.15, 0.2) is 41.0 Å². The number of aliphatic hydroxyl groups excluding tert-OH is 2. The lowest BCUT2D eigenvalue weighted by atomic mass is 9.93. The van der Waals surface area contributed by atoms with Gasteiger partial charge in [0.2, 0.25) is 15.9 Å². The first-order chi connectivity index (χ1) is 15.5. The lowest BCUT2D eigenvalue weighted by Gasteiger charge is -2.31. The monoisotopic (exact) mass is 479 g/mol. The molecule has 4 atom stereocenters. The van der Waals surface area contributed by atoms with Gasteiger partial charge in [-0.15, -0.1) is 0 Å². The molecule has 0 bridgehead atoms. The van der Waals surface area contributed by atoms with E-state index in [2.05, 4.69) is 15.6 Å². The van der Waals surface area contributed by atoms with Crippen LogP contribution in [-0.4, -0.2) is 66.0 Å². The first kappa shape index (κ1) is 25.8. The maximum atomic E-state index is 12.7. The van der Waals surface area contributed by atoms with Gasteiger partial charge >= 0.3 is 6.01 Å². The van der Waals surface area contributed by atoms with Gasteiger partial charge in [-0.2, -0.15) is 10.2 Å². The third-order valence-electron chi connectivity index (χ3n) is 4.50. The minimum Gasteiger partial charge on any atom is -0.431 e. The second-order valence-electron chi connectivity index (χ2n) is 7.33. The van der Waals surface area contributed by atoms with Crippen LogP contribution in [0, 0.1) is 11.3 Å².